The Hall–Kier alpha value is -3.30. The number of nitrogens with two attached hydrogens (primary N) is 1. The number of hydrogen-bond acceptors (Lipinski definition) is 6. The van der Waals surface area contributed by atoms with E-state index >= 15 is 0 Å². The molecule has 3 rings (SSSR count). The molecule has 26 heavy (non-hydrogen) atoms. The van der Waals surface area contributed by atoms with Crippen molar-refractivity contribution < 1.29 is 4.74 Å². The van der Waals surface area contributed by atoms with Gasteiger partial charge >= 0.3 is 0 Å². The van der Waals surface area contributed by atoms with E-state index in [9.17, 15) is 0 Å². The summed E-state index contributed by atoms with van der Waals surface area (Å²) < 4.78 is 5.66. The number of nitrogen functional groups attached to an aromatic ring is 1. The van der Waals surface area contributed by atoms with Gasteiger partial charge in [-0.05, 0) is 49.4 Å². The van der Waals surface area contributed by atoms with Crippen LogP contribution in [0.1, 0.15) is 12.5 Å². The van der Waals surface area contributed by atoms with Gasteiger partial charge in [-0.15, -0.1) is 0 Å². The van der Waals surface area contributed by atoms with Crippen LogP contribution in [-0.4, -0.2) is 16.6 Å². The Balaban J connectivity index is 1.97. The number of hydrogen-bond donors (Lipinski definition) is 2. The first-order valence-corrected chi connectivity index (χ1v) is 8.31. The standard InChI is InChI=1S/C19H16ClN5O/c1-2-26-17-8-5-13(20)9-15(17)16-10-18(25-19(22)24-16)23-14-6-3-12(11-21)4-7-14/h3-10H,2H2,1H3,(H3,22,23,24,25). The molecular weight excluding hydrogens is 350 g/mol. The van der Waals surface area contributed by atoms with E-state index in [1.165, 1.54) is 0 Å². The number of nitrogens with zero attached hydrogens (tertiary/aromatic N) is 3. The van der Waals surface area contributed by atoms with Crippen LogP contribution >= 0.6 is 11.6 Å². The van der Waals surface area contributed by atoms with Gasteiger partial charge in [0.15, 0.2) is 0 Å². The van der Waals surface area contributed by atoms with Crippen molar-refractivity contribution in [3.05, 3.63) is 59.1 Å². The van der Waals surface area contributed by atoms with Crippen molar-refractivity contribution in [3.63, 3.8) is 0 Å². The Bertz CT molecular complexity index is 967. The lowest BCUT2D eigenvalue weighted by Crippen LogP contribution is -2.02. The first-order chi connectivity index (χ1) is 12.6. The predicted octanol–water partition coefficient (Wildman–Crippen LogP) is 4.39. The summed E-state index contributed by atoms with van der Waals surface area (Å²) in [6.45, 7) is 2.43. The Morgan fingerprint density at radius 2 is 1.92 bits per heavy atom. The maximum Gasteiger partial charge on any atom is 0.222 e. The number of halogens is 1. The normalized spacial score (nSPS) is 10.2. The molecule has 0 bridgehead atoms. The second-order valence-corrected chi connectivity index (χ2v) is 5.82. The molecule has 0 aliphatic rings. The fraction of sp³-hybridized carbons (Fsp3) is 0.105. The van der Waals surface area contributed by atoms with E-state index < -0.39 is 0 Å². The highest BCUT2D eigenvalue weighted by atomic mass is 35.5. The molecule has 0 saturated carbocycles. The molecule has 6 nitrogen and oxygen atoms in total. The molecule has 0 unspecified atom stereocenters. The van der Waals surface area contributed by atoms with Gasteiger partial charge in [0, 0.05) is 22.3 Å². The van der Waals surface area contributed by atoms with Crippen molar-refractivity contribution in [2.24, 2.45) is 0 Å². The van der Waals surface area contributed by atoms with Gasteiger partial charge in [0.1, 0.15) is 11.6 Å². The van der Waals surface area contributed by atoms with Crippen molar-refractivity contribution in [2.75, 3.05) is 17.7 Å². The van der Waals surface area contributed by atoms with Crippen molar-refractivity contribution in [3.8, 4) is 23.1 Å². The zero-order chi connectivity index (χ0) is 18.5. The van der Waals surface area contributed by atoms with Gasteiger partial charge in [-0.3, -0.25) is 0 Å². The summed E-state index contributed by atoms with van der Waals surface area (Å²) in [5, 5.41) is 12.6. The van der Waals surface area contributed by atoms with Gasteiger partial charge in [0.25, 0.3) is 0 Å². The van der Waals surface area contributed by atoms with E-state index in [4.69, 9.17) is 27.3 Å². The van der Waals surface area contributed by atoms with Gasteiger partial charge in [0.2, 0.25) is 5.95 Å². The third kappa shape index (κ3) is 4.02. The Morgan fingerprint density at radius 1 is 1.15 bits per heavy atom. The Morgan fingerprint density at radius 3 is 2.62 bits per heavy atom. The summed E-state index contributed by atoms with van der Waals surface area (Å²) in [4.78, 5) is 8.51. The molecule has 0 saturated heterocycles. The van der Waals surface area contributed by atoms with E-state index in [1.54, 1.807) is 48.5 Å². The van der Waals surface area contributed by atoms with E-state index in [2.05, 4.69) is 21.4 Å². The fourth-order valence-electron chi connectivity index (χ4n) is 2.43. The molecule has 1 heterocycles. The second kappa shape index (κ2) is 7.72. The van der Waals surface area contributed by atoms with Crippen LogP contribution in [0.3, 0.4) is 0 Å². The Labute approximate surface area is 156 Å². The first-order valence-electron chi connectivity index (χ1n) is 7.93. The van der Waals surface area contributed by atoms with Crippen LogP contribution in [0.15, 0.2) is 48.5 Å². The molecule has 3 aromatic rings. The van der Waals surface area contributed by atoms with Gasteiger partial charge in [-0.1, -0.05) is 11.6 Å². The van der Waals surface area contributed by atoms with Crippen molar-refractivity contribution in [2.45, 2.75) is 6.92 Å². The lowest BCUT2D eigenvalue weighted by atomic mass is 10.1. The fourth-order valence-corrected chi connectivity index (χ4v) is 2.60. The van der Waals surface area contributed by atoms with Gasteiger partial charge in [-0.2, -0.15) is 10.2 Å². The minimum absolute atomic E-state index is 0.126. The number of nitrogens with one attached hydrogen (secondary N) is 1. The first kappa shape index (κ1) is 17.5. The van der Waals surface area contributed by atoms with Crippen LogP contribution < -0.4 is 15.8 Å². The summed E-state index contributed by atoms with van der Waals surface area (Å²) in [6.07, 6.45) is 0. The number of anilines is 3. The summed E-state index contributed by atoms with van der Waals surface area (Å²) in [5.74, 6) is 1.32. The maximum absolute atomic E-state index is 8.88. The Kier molecular flexibility index (Phi) is 5.20. The third-order valence-electron chi connectivity index (χ3n) is 3.55. The van der Waals surface area contributed by atoms with E-state index in [0.29, 0.717) is 34.5 Å². The third-order valence-corrected chi connectivity index (χ3v) is 3.78. The van der Waals surface area contributed by atoms with E-state index in [-0.39, 0.29) is 5.95 Å². The zero-order valence-electron chi connectivity index (χ0n) is 14.0. The minimum Gasteiger partial charge on any atom is -0.493 e. The molecule has 0 aliphatic heterocycles. The van der Waals surface area contributed by atoms with Crippen LogP contribution in [0.5, 0.6) is 5.75 Å². The van der Waals surface area contributed by atoms with Gasteiger partial charge in [0.05, 0.1) is 23.9 Å². The molecule has 2 aromatic carbocycles. The van der Waals surface area contributed by atoms with Gasteiger partial charge in [-0.25, -0.2) is 4.98 Å². The highest BCUT2D eigenvalue weighted by Gasteiger charge is 2.12. The molecule has 3 N–H and O–H groups in total. The highest BCUT2D eigenvalue weighted by Crippen LogP contribution is 2.33. The van der Waals surface area contributed by atoms with Crippen LogP contribution in [0, 0.1) is 11.3 Å². The van der Waals surface area contributed by atoms with E-state index in [0.717, 1.165) is 11.3 Å². The summed E-state index contributed by atoms with van der Waals surface area (Å²) in [5.41, 5.74) is 8.57. The number of rotatable bonds is 5. The molecule has 130 valence electrons. The van der Waals surface area contributed by atoms with Crippen LogP contribution in [0.2, 0.25) is 5.02 Å². The molecule has 0 aliphatic carbocycles. The van der Waals surface area contributed by atoms with E-state index in [1.807, 2.05) is 6.92 Å². The monoisotopic (exact) mass is 365 g/mol. The van der Waals surface area contributed by atoms with Crippen LogP contribution in [0.25, 0.3) is 11.3 Å². The molecule has 1 aromatic heterocycles. The lowest BCUT2D eigenvalue weighted by molar-refractivity contribution is 0.341. The quantitative estimate of drug-likeness (QED) is 0.695. The summed E-state index contributed by atoms with van der Waals surface area (Å²) in [6, 6.07) is 16.2. The van der Waals surface area contributed by atoms with Crippen molar-refractivity contribution in [1.82, 2.24) is 9.97 Å². The SMILES string of the molecule is CCOc1ccc(Cl)cc1-c1cc(Nc2ccc(C#N)cc2)nc(N)n1. The molecule has 0 spiro atoms. The van der Waals surface area contributed by atoms with Crippen LogP contribution in [-0.2, 0) is 0 Å². The molecule has 7 heteroatoms. The molecular formula is C19H16ClN5O. The van der Waals surface area contributed by atoms with Crippen molar-refractivity contribution in [1.29, 1.82) is 5.26 Å². The molecule has 0 fully saturated rings. The average Bonchev–Trinajstić information content (AvgIpc) is 2.63. The second-order valence-electron chi connectivity index (χ2n) is 5.38. The minimum atomic E-state index is 0.126. The zero-order valence-corrected chi connectivity index (χ0v) is 14.8. The lowest BCUT2D eigenvalue weighted by Gasteiger charge is -2.12. The predicted molar refractivity (Wildman–Crippen MR) is 102 cm³/mol. The summed E-state index contributed by atoms with van der Waals surface area (Å²) >= 11 is 6.13. The number of nitriles is 1. The number of ether oxygens (including phenoxy) is 1. The molecule has 0 amide bonds. The highest BCUT2D eigenvalue weighted by molar-refractivity contribution is 6.31. The maximum atomic E-state index is 8.88. The topological polar surface area (TPSA) is 96.8 Å². The van der Waals surface area contributed by atoms with Crippen molar-refractivity contribution >= 4 is 29.1 Å². The number of aromatic nitrogens is 2. The van der Waals surface area contributed by atoms with Crippen LogP contribution in [0.4, 0.5) is 17.5 Å². The molecule has 0 atom stereocenters. The largest absolute Gasteiger partial charge is 0.493 e. The smallest absolute Gasteiger partial charge is 0.222 e. The number of benzene rings is 2. The molecule has 0 radical (unpaired) electrons. The van der Waals surface area contributed by atoms with Gasteiger partial charge < -0.3 is 15.8 Å². The average molecular weight is 366 g/mol. The summed E-state index contributed by atoms with van der Waals surface area (Å²) in [7, 11) is 0.